The first kappa shape index (κ1) is 26.3. The van der Waals surface area contributed by atoms with Gasteiger partial charge in [0.15, 0.2) is 0 Å². The lowest BCUT2D eigenvalue weighted by atomic mass is 9.93. The number of aromatic nitrogens is 1. The van der Waals surface area contributed by atoms with Crippen LogP contribution in [0.4, 0.5) is 0 Å². The molecule has 0 spiro atoms. The van der Waals surface area contributed by atoms with Crippen molar-refractivity contribution in [2.24, 2.45) is 5.73 Å². The average molecular weight is 506 g/mol. The fourth-order valence-corrected chi connectivity index (χ4v) is 4.92. The van der Waals surface area contributed by atoms with Crippen LogP contribution in [0.25, 0.3) is 0 Å². The van der Waals surface area contributed by atoms with Crippen LogP contribution >= 0.6 is 24.0 Å². The number of H-pyrrole nitrogens is 1. The molecule has 2 heterocycles. The molecule has 1 fully saturated rings. The zero-order chi connectivity index (χ0) is 23.4. The molecule has 8 heteroatoms. The third kappa shape index (κ3) is 6.44. The lowest BCUT2D eigenvalue weighted by Gasteiger charge is -2.28. The van der Waals surface area contributed by atoms with Crippen molar-refractivity contribution in [1.29, 1.82) is 0 Å². The lowest BCUT2D eigenvalue weighted by molar-refractivity contribution is 0.0948. The second-order valence-electron chi connectivity index (χ2n) is 9.12. The van der Waals surface area contributed by atoms with E-state index in [0.717, 1.165) is 61.8 Å². The highest BCUT2D eigenvalue weighted by Gasteiger charge is 2.23. The summed E-state index contributed by atoms with van der Waals surface area (Å²) in [5.74, 6) is 0.392. The van der Waals surface area contributed by atoms with E-state index in [1.54, 1.807) is 12.1 Å². The van der Waals surface area contributed by atoms with Crippen LogP contribution in [0.15, 0.2) is 35.1 Å². The number of nitrogens with two attached hydrogens (primary N) is 1. The van der Waals surface area contributed by atoms with Crippen molar-refractivity contribution in [1.82, 2.24) is 10.3 Å². The predicted octanol–water partition coefficient (Wildman–Crippen LogP) is 4.77. The van der Waals surface area contributed by atoms with Crippen LogP contribution in [0.2, 0.25) is 5.02 Å². The highest BCUT2D eigenvalue weighted by atomic mass is 35.5. The van der Waals surface area contributed by atoms with Crippen molar-refractivity contribution < 1.29 is 9.53 Å². The Morgan fingerprint density at radius 2 is 1.82 bits per heavy atom. The van der Waals surface area contributed by atoms with E-state index in [1.165, 1.54) is 0 Å². The Labute approximate surface area is 211 Å². The molecule has 1 aromatic carbocycles. The third-order valence-corrected chi connectivity index (χ3v) is 6.74. The summed E-state index contributed by atoms with van der Waals surface area (Å²) in [6, 6.07) is 5.72. The van der Waals surface area contributed by atoms with Crippen molar-refractivity contribution in [3.63, 3.8) is 0 Å². The minimum absolute atomic E-state index is 0. The minimum atomic E-state index is -0.262. The summed E-state index contributed by atoms with van der Waals surface area (Å²) < 4.78 is 6.36. The van der Waals surface area contributed by atoms with E-state index in [4.69, 9.17) is 22.1 Å². The van der Waals surface area contributed by atoms with Crippen molar-refractivity contribution >= 4 is 29.9 Å². The molecule has 6 nitrogen and oxygen atoms in total. The Balaban J connectivity index is 0.00000324. The number of pyridine rings is 1. The van der Waals surface area contributed by atoms with E-state index >= 15 is 0 Å². The van der Waals surface area contributed by atoms with E-state index in [9.17, 15) is 9.59 Å². The number of hydrogen-bond acceptors (Lipinski definition) is 4. The van der Waals surface area contributed by atoms with Crippen LogP contribution in [-0.2, 0) is 19.4 Å². The van der Waals surface area contributed by atoms with Crippen LogP contribution in [0, 0.1) is 6.92 Å². The number of ether oxygens (including phenoxy) is 1. The number of fused-ring (bicyclic) bond motifs is 2. The molecule has 0 bridgehead atoms. The van der Waals surface area contributed by atoms with Crippen molar-refractivity contribution in [2.75, 3.05) is 0 Å². The second-order valence-corrected chi connectivity index (χ2v) is 9.56. The van der Waals surface area contributed by atoms with Gasteiger partial charge in [0.1, 0.15) is 5.75 Å². The molecule has 0 radical (unpaired) electrons. The number of carbonyl (C=O) groups is 1. The molecule has 1 aliphatic heterocycles. The van der Waals surface area contributed by atoms with Gasteiger partial charge in [0.05, 0.1) is 6.10 Å². The maximum absolute atomic E-state index is 13.3. The van der Waals surface area contributed by atoms with Crippen LogP contribution in [-0.4, -0.2) is 23.0 Å². The van der Waals surface area contributed by atoms with E-state index < -0.39 is 0 Å². The molecule has 4 rings (SSSR count). The number of aromatic amines is 1. The van der Waals surface area contributed by atoms with Gasteiger partial charge in [0.25, 0.3) is 11.5 Å². The van der Waals surface area contributed by atoms with Gasteiger partial charge >= 0.3 is 0 Å². The zero-order valence-electron chi connectivity index (χ0n) is 19.5. The Morgan fingerprint density at radius 3 is 2.59 bits per heavy atom. The summed E-state index contributed by atoms with van der Waals surface area (Å²) in [5, 5.41) is 3.40. The molecule has 184 valence electrons. The van der Waals surface area contributed by atoms with Gasteiger partial charge in [-0.3, -0.25) is 9.59 Å². The molecule has 2 aliphatic rings. The fourth-order valence-electron chi connectivity index (χ4n) is 4.71. The Bertz CT molecular complexity index is 1110. The van der Waals surface area contributed by atoms with Gasteiger partial charge in [-0.25, -0.2) is 0 Å². The first-order valence-corrected chi connectivity index (χ1v) is 12.2. The zero-order valence-corrected chi connectivity index (χ0v) is 21.1. The number of allylic oxidation sites excluding steroid dienone is 2. The number of rotatable bonds is 2. The molecule has 1 aromatic heterocycles. The number of carbonyl (C=O) groups excluding carboxylic acids is 1. The van der Waals surface area contributed by atoms with Gasteiger partial charge in [0.2, 0.25) is 0 Å². The molecule has 4 N–H and O–H groups in total. The molecule has 1 aliphatic carbocycles. The second kappa shape index (κ2) is 11.9. The molecule has 34 heavy (non-hydrogen) atoms. The van der Waals surface area contributed by atoms with Gasteiger partial charge in [-0.15, -0.1) is 12.4 Å². The summed E-state index contributed by atoms with van der Waals surface area (Å²) in [6.07, 6.45) is 11.1. The molecule has 0 saturated heterocycles. The molecule has 1 saturated carbocycles. The largest absolute Gasteiger partial charge is 0.490 e. The summed E-state index contributed by atoms with van der Waals surface area (Å²) >= 11 is 6.41. The molecule has 0 unspecified atom stereocenters. The molecular weight excluding hydrogens is 473 g/mol. The van der Waals surface area contributed by atoms with Gasteiger partial charge in [-0.05, 0) is 82.1 Å². The molecule has 1 amide bonds. The van der Waals surface area contributed by atoms with Crippen molar-refractivity contribution in [3.05, 3.63) is 73.7 Å². The topological polar surface area (TPSA) is 97.2 Å². The Kier molecular flexibility index (Phi) is 9.23. The highest BCUT2D eigenvalue weighted by molar-refractivity contribution is 6.31. The van der Waals surface area contributed by atoms with E-state index in [2.05, 4.69) is 22.5 Å². The van der Waals surface area contributed by atoms with Crippen LogP contribution in [0.3, 0.4) is 0 Å². The fraction of sp³-hybridized carbons (Fsp3) is 0.462. The van der Waals surface area contributed by atoms with Gasteiger partial charge in [0, 0.05) is 40.0 Å². The number of benzene rings is 1. The maximum atomic E-state index is 13.3. The summed E-state index contributed by atoms with van der Waals surface area (Å²) in [6.45, 7) is 2.04. The summed E-state index contributed by atoms with van der Waals surface area (Å²) in [4.78, 5) is 28.7. The van der Waals surface area contributed by atoms with E-state index in [0.29, 0.717) is 28.3 Å². The van der Waals surface area contributed by atoms with Gasteiger partial charge < -0.3 is 20.8 Å². The van der Waals surface area contributed by atoms with E-state index in [-0.39, 0.29) is 42.6 Å². The average Bonchev–Trinajstić information content (AvgIpc) is 2.78. The Morgan fingerprint density at radius 1 is 1.06 bits per heavy atom. The SMILES string of the molecule is Cc1cc2c(c(=O)[nH]1)CNC(=O)c1cc(Cl)cc(O[C@H]3CC[C@H](N)CC3)c1C/C=C/CCC2.Cl. The number of halogens is 2. The monoisotopic (exact) mass is 505 g/mol. The van der Waals surface area contributed by atoms with Crippen molar-refractivity contribution in [3.8, 4) is 5.75 Å². The van der Waals surface area contributed by atoms with E-state index in [1.807, 2.05) is 13.0 Å². The summed E-state index contributed by atoms with van der Waals surface area (Å²) in [7, 11) is 0. The summed E-state index contributed by atoms with van der Waals surface area (Å²) in [5.41, 5.74) is 9.61. The lowest BCUT2D eigenvalue weighted by Crippen LogP contribution is -2.32. The quantitative estimate of drug-likeness (QED) is 0.511. The third-order valence-electron chi connectivity index (χ3n) is 6.53. The first-order chi connectivity index (χ1) is 15.9. The Hall–Kier alpha value is -2.28. The maximum Gasteiger partial charge on any atom is 0.253 e. The first-order valence-electron chi connectivity index (χ1n) is 11.8. The standard InChI is InChI=1S/C26H32ClN3O3.ClH/c1-16-12-17-6-4-2-3-5-7-21-22(25(31)29-15-23(17)26(32)30-16)13-18(27)14-24(21)33-20-10-8-19(28)9-11-20;/h3,5,12-14,19-20H,2,4,6-11,15,28H2,1H3,(H,29,31)(H,30,32);1H/b5-3+;/t19-,20-;. The van der Waals surface area contributed by atoms with Crippen LogP contribution in [0.5, 0.6) is 5.75 Å². The predicted molar refractivity (Wildman–Crippen MR) is 138 cm³/mol. The number of hydrogen-bond donors (Lipinski definition) is 3. The molecular formula is C26H33Cl2N3O3. The number of nitrogens with one attached hydrogen (secondary N) is 2. The minimum Gasteiger partial charge on any atom is -0.490 e. The van der Waals surface area contributed by atoms with Crippen LogP contribution < -0.4 is 21.3 Å². The number of aryl methyl sites for hydroxylation is 2. The van der Waals surface area contributed by atoms with Gasteiger partial charge in [-0.1, -0.05) is 23.8 Å². The van der Waals surface area contributed by atoms with Gasteiger partial charge in [-0.2, -0.15) is 0 Å². The normalized spacial score (nSPS) is 21.9. The molecule has 2 aromatic rings. The van der Waals surface area contributed by atoms with Crippen LogP contribution in [0.1, 0.15) is 71.3 Å². The smallest absolute Gasteiger partial charge is 0.253 e. The van der Waals surface area contributed by atoms with Crippen molar-refractivity contribution in [2.45, 2.75) is 77.0 Å². The number of amides is 1. The molecule has 0 atom stereocenters. The highest BCUT2D eigenvalue weighted by Crippen LogP contribution is 2.32.